The monoisotopic (exact) mass is 633 g/mol. The molecule has 38 heavy (non-hydrogen) atoms. The topological polar surface area (TPSA) is 96.9 Å². The predicted molar refractivity (Wildman–Crippen MR) is 154 cm³/mol. The van der Waals surface area contributed by atoms with Gasteiger partial charge in [0.2, 0.25) is 0 Å². The molecule has 4 aromatic rings. The molecule has 0 aliphatic rings. The third kappa shape index (κ3) is 7.24. The summed E-state index contributed by atoms with van der Waals surface area (Å²) in [6.45, 7) is 1.95. The Labute approximate surface area is 236 Å². The van der Waals surface area contributed by atoms with E-state index >= 15 is 0 Å². The first-order valence-electron chi connectivity index (χ1n) is 11.4. The van der Waals surface area contributed by atoms with Crippen molar-refractivity contribution in [2.75, 3.05) is 5.32 Å². The first kappa shape index (κ1) is 27.0. The van der Waals surface area contributed by atoms with Crippen LogP contribution in [0.4, 0.5) is 5.69 Å². The third-order valence-electron chi connectivity index (χ3n) is 5.34. The van der Waals surface area contributed by atoms with Crippen LogP contribution >= 0.6 is 31.9 Å². The smallest absolute Gasteiger partial charge is 0.343 e. The summed E-state index contributed by atoms with van der Waals surface area (Å²) in [6, 6.07) is 25.6. The molecule has 0 radical (unpaired) electrons. The lowest BCUT2D eigenvalue weighted by Gasteiger charge is -2.08. The minimum Gasteiger partial charge on any atom is -0.422 e. The second-order valence-electron chi connectivity index (χ2n) is 8.18. The van der Waals surface area contributed by atoms with Crippen molar-refractivity contribution in [1.29, 1.82) is 0 Å². The molecule has 0 bridgehead atoms. The highest BCUT2D eigenvalue weighted by atomic mass is 79.9. The molecule has 0 aliphatic carbocycles. The maximum Gasteiger partial charge on any atom is 0.343 e. The Kier molecular flexibility index (Phi) is 8.83. The maximum absolute atomic E-state index is 12.6. The van der Waals surface area contributed by atoms with Gasteiger partial charge in [-0.1, -0.05) is 49.6 Å². The summed E-state index contributed by atoms with van der Waals surface area (Å²) in [7, 11) is 0. The molecule has 0 unspecified atom stereocenters. The lowest BCUT2D eigenvalue weighted by atomic mass is 10.1. The molecule has 0 saturated carbocycles. The molecule has 0 spiro atoms. The number of aryl methyl sites for hydroxylation is 1. The van der Waals surface area contributed by atoms with E-state index in [1.54, 1.807) is 78.9 Å². The summed E-state index contributed by atoms with van der Waals surface area (Å²) in [5.41, 5.74) is 5.86. The molecule has 4 rings (SSSR count). The number of esters is 1. The van der Waals surface area contributed by atoms with Crippen molar-refractivity contribution in [3.05, 3.63) is 128 Å². The lowest BCUT2D eigenvalue weighted by Crippen LogP contribution is -2.18. The second kappa shape index (κ2) is 12.4. The molecule has 0 aliphatic heterocycles. The van der Waals surface area contributed by atoms with E-state index in [1.165, 1.54) is 6.21 Å². The molecule has 0 aromatic heterocycles. The summed E-state index contributed by atoms with van der Waals surface area (Å²) >= 11 is 6.73. The van der Waals surface area contributed by atoms with Gasteiger partial charge in [0.1, 0.15) is 5.75 Å². The van der Waals surface area contributed by atoms with Gasteiger partial charge in [-0.05, 0) is 85.8 Å². The summed E-state index contributed by atoms with van der Waals surface area (Å²) < 4.78 is 7.13. The number of halogens is 2. The number of anilines is 1. The Bertz CT molecular complexity index is 1500. The molecule has 2 amide bonds. The fourth-order valence-corrected chi connectivity index (χ4v) is 3.94. The van der Waals surface area contributed by atoms with Crippen LogP contribution in [0.1, 0.15) is 42.2 Å². The van der Waals surface area contributed by atoms with Crippen LogP contribution < -0.4 is 15.5 Å². The van der Waals surface area contributed by atoms with Gasteiger partial charge in [0.15, 0.2) is 0 Å². The van der Waals surface area contributed by atoms with E-state index in [-0.39, 0.29) is 11.7 Å². The number of nitrogens with one attached hydrogen (secondary N) is 2. The quantitative estimate of drug-likeness (QED) is 0.102. The Balaban J connectivity index is 1.38. The van der Waals surface area contributed by atoms with Gasteiger partial charge >= 0.3 is 5.97 Å². The van der Waals surface area contributed by atoms with Gasteiger partial charge in [0.25, 0.3) is 11.8 Å². The van der Waals surface area contributed by atoms with E-state index in [2.05, 4.69) is 47.7 Å². The molecular formula is C29H21Br2N3O4. The van der Waals surface area contributed by atoms with E-state index in [1.807, 2.05) is 19.1 Å². The van der Waals surface area contributed by atoms with Crippen molar-refractivity contribution < 1.29 is 19.1 Å². The van der Waals surface area contributed by atoms with Crippen LogP contribution in [0, 0.1) is 6.92 Å². The third-order valence-corrected chi connectivity index (χ3v) is 6.36. The van der Waals surface area contributed by atoms with Gasteiger partial charge in [0.05, 0.1) is 11.8 Å². The molecule has 0 fully saturated rings. The van der Waals surface area contributed by atoms with E-state index in [0.717, 1.165) is 14.5 Å². The van der Waals surface area contributed by atoms with Crippen molar-refractivity contribution in [1.82, 2.24) is 5.43 Å². The molecule has 0 saturated heterocycles. The molecule has 190 valence electrons. The van der Waals surface area contributed by atoms with Crippen molar-refractivity contribution in [3.63, 3.8) is 0 Å². The van der Waals surface area contributed by atoms with Crippen LogP contribution in [-0.2, 0) is 0 Å². The van der Waals surface area contributed by atoms with Gasteiger partial charge in [-0.25, -0.2) is 10.2 Å². The van der Waals surface area contributed by atoms with E-state index in [9.17, 15) is 14.4 Å². The van der Waals surface area contributed by atoms with Crippen molar-refractivity contribution in [2.45, 2.75) is 6.92 Å². The zero-order valence-corrected chi connectivity index (χ0v) is 23.2. The number of nitrogens with zero attached hydrogens (tertiary/aromatic N) is 1. The van der Waals surface area contributed by atoms with E-state index in [0.29, 0.717) is 27.9 Å². The van der Waals surface area contributed by atoms with Crippen LogP contribution in [0.15, 0.2) is 105 Å². The molecular weight excluding hydrogens is 614 g/mol. The second-order valence-corrected chi connectivity index (χ2v) is 10.0. The highest BCUT2D eigenvalue weighted by molar-refractivity contribution is 9.10. The average Bonchev–Trinajstić information content (AvgIpc) is 2.91. The van der Waals surface area contributed by atoms with Crippen molar-refractivity contribution in [2.24, 2.45) is 5.10 Å². The number of hydrogen-bond acceptors (Lipinski definition) is 5. The summed E-state index contributed by atoms with van der Waals surface area (Å²) in [4.78, 5) is 37.5. The minimum atomic E-state index is -0.520. The van der Waals surface area contributed by atoms with E-state index < -0.39 is 11.9 Å². The number of carbonyl (C=O) groups is 3. The Hall–Kier alpha value is -4.08. The van der Waals surface area contributed by atoms with E-state index in [4.69, 9.17) is 4.74 Å². The first-order valence-corrected chi connectivity index (χ1v) is 13.0. The number of amides is 2. The fourth-order valence-electron chi connectivity index (χ4n) is 3.30. The number of benzene rings is 4. The number of rotatable bonds is 7. The zero-order valence-electron chi connectivity index (χ0n) is 20.1. The standard InChI is InChI=1S/C29H21Br2N3O4/c1-18-2-4-19(5-3-18)27(35)33-25-13-8-20(9-14-25)28(36)34-32-17-22-16-24(31)12-15-26(22)38-29(37)21-6-10-23(30)11-7-21/h2-17H,1H3,(H,33,35)(H,34,36)/b32-17-. The predicted octanol–water partition coefficient (Wildman–Crippen LogP) is 6.76. The Morgan fingerprint density at radius 2 is 1.32 bits per heavy atom. The summed E-state index contributed by atoms with van der Waals surface area (Å²) in [6.07, 6.45) is 1.39. The molecule has 0 heterocycles. The van der Waals surface area contributed by atoms with Crippen LogP contribution in [-0.4, -0.2) is 24.0 Å². The zero-order chi connectivity index (χ0) is 27.1. The van der Waals surface area contributed by atoms with Gasteiger partial charge in [-0.2, -0.15) is 5.10 Å². The van der Waals surface area contributed by atoms with Gasteiger partial charge in [-0.3, -0.25) is 9.59 Å². The van der Waals surface area contributed by atoms with Crippen molar-refractivity contribution >= 4 is 61.5 Å². The largest absolute Gasteiger partial charge is 0.422 e. The van der Waals surface area contributed by atoms with Gasteiger partial charge in [-0.15, -0.1) is 0 Å². The van der Waals surface area contributed by atoms with Crippen molar-refractivity contribution in [3.8, 4) is 5.75 Å². The van der Waals surface area contributed by atoms with Crippen LogP contribution in [0.3, 0.4) is 0 Å². The number of ether oxygens (including phenoxy) is 1. The number of carbonyl (C=O) groups excluding carboxylic acids is 3. The normalized spacial score (nSPS) is 10.7. The molecule has 9 heteroatoms. The number of hydrazone groups is 1. The van der Waals surface area contributed by atoms with Gasteiger partial charge in [0, 0.05) is 31.3 Å². The highest BCUT2D eigenvalue weighted by Crippen LogP contribution is 2.23. The maximum atomic E-state index is 12.6. The summed E-state index contributed by atoms with van der Waals surface area (Å²) in [5.74, 6) is -0.917. The van der Waals surface area contributed by atoms with Crippen LogP contribution in [0.25, 0.3) is 0 Å². The molecule has 7 nitrogen and oxygen atoms in total. The molecule has 4 aromatic carbocycles. The minimum absolute atomic E-state index is 0.238. The highest BCUT2D eigenvalue weighted by Gasteiger charge is 2.12. The Morgan fingerprint density at radius 3 is 2.00 bits per heavy atom. The van der Waals surface area contributed by atoms with Crippen LogP contribution in [0.2, 0.25) is 0 Å². The lowest BCUT2D eigenvalue weighted by molar-refractivity contribution is 0.0733. The number of hydrogen-bond donors (Lipinski definition) is 2. The Morgan fingerprint density at radius 1 is 0.737 bits per heavy atom. The van der Waals surface area contributed by atoms with Crippen LogP contribution in [0.5, 0.6) is 5.75 Å². The molecule has 0 atom stereocenters. The average molecular weight is 635 g/mol. The fraction of sp³-hybridized carbons (Fsp3) is 0.0345. The molecule has 2 N–H and O–H groups in total. The first-order chi connectivity index (χ1) is 18.3. The van der Waals surface area contributed by atoms with Gasteiger partial charge < -0.3 is 10.1 Å². The summed E-state index contributed by atoms with van der Waals surface area (Å²) in [5, 5.41) is 6.82. The SMILES string of the molecule is Cc1ccc(C(=O)Nc2ccc(C(=O)N/N=C\c3cc(Br)ccc3OC(=O)c3ccc(Br)cc3)cc2)cc1.